The summed E-state index contributed by atoms with van der Waals surface area (Å²) in [5.74, 6) is 2.76. The number of carbonyl (C=O) groups is 1. The number of alkyl carbamates (subject to hydrolysis) is 1. The third-order valence-corrected chi connectivity index (χ3v) is 5.24. The van der Waals surface area contributed by atoms with E-state index in [-0.39, 0.29) is 6.09 Å². The first-order chi connectivity index (χ1) is 14.3. The molecular weight excluding hydrogens is 384 g/mol. The standard InChI is InChI=1S/C23H38N2O5/c1-7-29-18-12-20(27-5)19(21(13-18)28-6)15-24-17-10-8-16(9-11-17)14-25-22(26)30-23(2,3)4/h12-13,16-17,24H,7-11,14-15H2,1-6H3,(H,25,26). The van der Waals surface area contributed by atoms with Crippen LogP contribution in [0.1, 0.15) is 58.9 Å². The van der Waals surface area contributed by atoms with Crippen molar-refractivity contribution in [3.63, 3.8) is 0 Å². The van der Waals surface area contributed by atoms with Crippen molar-refractivity contribution in [3.8, 4) is 17.2 Å². The molecule has 0 atom stereocenters. The lowest BCUT2D eigenvalue weighted by Crippen LogP contribution is -2.38. The summed E-state index contributed by atoms with van der Waals surface area (Å²) in [6.45, 7) is 9.50. The minimum absolute atomic E-state index is 0.336. The molecule has 1 aromatic rings. The van der Waals surface area contributed by atoms with Crippen LogP contribution in [0.15, 0.2) is 12.1 Å². The molecule has 30 heavy (non-hydrogen) atoms. The largest absolute Gasteiger partial charge is 0.496 e. The molecule has 0 spiro atoms. The van der Waals surface area contributed by atoms with Crippen molar-refractivity contribution in [1.29, 1.82) is 0 Å². The van der Waals surface area contributed by atoms with Crippen LogP contribution in [0.5, 0.6) is 17.2 Å². The summed E-state index contributed by atoms with van der Waals surface area (Å²) in [4.78, 5) is 11.8. The van der Waals surface area contributed by atoms with Crippen molar-refractivity contribution in [3.05, 3.63) is 17.7 Å². The predicted molar refractivity (Wildman–Crippen MR) is 118 cm³/mol. The van der Waals surface area contributed by atoms with Crippen LogP contribution < -0.4 is 24.8 Å². The second-order valence-corrected chi connectivity index (χ2v) is 8.72. The molecule has 0 heterocycles. The molecular formula is C23H38N2O5. The van der Waals surface area contributed by atoms with E-state index in [2.05, 4.69) is 10.6 Å². The minimum atomic E-state index is -0.464. The molecule has 1 aliphatic carbocycles. The molecule has 1 aromatic carbocycles. The van der Waals surface area contributed by atoms with Crippen molar-refractivity contribution in [2.75, 3.05) is 27.4 Å². The zero-order valence-corrected chi connectivity index (χ0v) is 19.3. The van der Waals surface area contributed by atoms with Gasteiger partial charge in [0, 0.05) is 31.3 Å². The van der Waals surface area contributed by atoms with Gasteiger partial charge < -0.3 is 29.6 Å². The molecule has 0 bridgehead atoms. The van der Waals surface area contributed by atoms with Gasteiger partial charge in [-0.1, -0.05) is 0 Å². The zero-order valence-electron chi connectivity index (χ0n) is 19.3. The molecule has 0 aromatic heterocycles. The van der Waals surface area contributed by atoms with Crippen LogP contribution in [0.2, 0.25) is 0 Å². The Balaban J connectivity index is 1.82. The molecule has 0 radical (unpaired) electrons. The van der Waals surface area contributed by atoms with Crippen molar-refractivity contribution in [1.82, 2.24) is 10.6 Å². The molecule has 7 heteroatoms. The Morgan fingerprint density at radius 1 is 1.07 bits per heavy atom. The number of methoxy groups -OCH3 is 2. The topological polar surface area (TPSA) is 78.1 Å². The van der Waals surface area contributed by atoms with E-state index in [4.69, 9.17) is 18.9 Å². The van der Waals surface area contributed by atoms with Crippen LogP contribution in [0.25, 0.3) is 0 Å². The smallest absolute Gasteiger partial charge is 0.407 e. The van der Waals surface area contributed by atoms with Crippen molar-refractivity contribution in [2.24, 2.45) is 5.92 Å². The summed E-state index contributed by atoms with van der Waals surface area (Å²) in [6, 6.07) is 4.24. The molecule has 0 aliphatic heterocycles. The maximum Gasteiger partial charge on any atom is 0.407 e. The third kappa shape index (κ3) is 7.59. The fourth-order valence-electron chi connectivity index (χ4n) is 3.74. The molecule has 2 N–H and O–H groups in total. The first kappa shape index (κ1) is 24.1. The lowest BCUT2D eigenvalue weighted by atomic mass is 9.86. The third-order valence-electron chi connectivity index (χ3n) is 5.24. The maximum atomic E-state index is 11.8. The van der Waals surface area contributed by atoms with Gasteiger partial charge >= 0.3 is 6.09 Å². The van der Waals surface area contributed by atoms with Crippen molar-refractivity contribution < 1.29 is 23.7 Å². The molecule has 1 aliphatic rings. The van der Waals surface area contributed by atoms with Gasteiger partial charge in [-0.05, 0) is 59.3 Å². The monoisotopic (exact) mass is 422 g/mol. The molecule has 0 saturated heterocycles. The summed E-state index contributed by atoms with van der Waals surface area (Å²) >= 11 is 0. The molecule has 7 nitrogen and oxygen atoms in total. The first-order valence-corrected chi connectivity index (χ1v) is 10.8. The average Bonchev–Trinajstić information content (AvgIpc) is 2.70. The quantitative estimate of drug-likeness (QED) is 0.619. The van der Waals surface area contributed by atoms with Gasteiger partial charge in [0.1, 0.15) is 22.8 Å². The number of hydrogen-bond donors (Lipinski definition) is 2. The lowest BCUT2D eigenvalue weighted by molar-refractivity contribution is 0.0514. The van der Waals surface area contributed by atoms with Gasteiger partial charge in [0.15, 0.2) is 0 Å². The summed E-state index contributed by atoms with van der Waals surface area (Å²) in [5.41, 5.74) is 0.534. The minimum Gasteiger partial charge on any atom is -0.496 e. The average molecular weight is 423 g/mol. The highest BCUT2D eigenvalue weighted by Gasteiger charge is 2.23. The maximum absolute atomic E-state index is 11.8. The van der Waals surface area contributed by atoms with Crippen LogP contribution in [0.4, 0.5) is 4.79 Å². The molecule has 0 unspecified atom stereocenters. The van der Waals surface area contributed by atoms with Crippen LogP contribution in [0, 0.1) is 5.92 Å². The van der Waals surface area contributed by atoms with Gasteiger partial charge in [0.2, 0.25) is 0 Å². The van der Waals surface area contributed by atoms with Crippen LogP contribution in [0.3, 0.4) is 0 Å². The van der Waals surface area contributed by atoms with Crippen LogP contribution >= 0.6 is 0 Å². The zero-order chi connectivity index (χ0) is 22.1. The molecule has 170 valence electrons. The highest BCUT2D eigenvalue weighted by Crippen LogP contribution is 2.34. The molecule has 1 saturated carbocycles. The Morgan fingerprint density at radius 3 is 2.17 bits per heavy atom. The van der Waals surface area contributed by atoms with E-state index < -0.39 is 5.60 Å². The number of benzene rings is 1. The number of hydrogen-bond acceptors (Lipinski definition) is 6. The number of carbonyl (C=O) groups excluding carboxylic acids is 1. The normalized spacial score (nSPS) is 19.1. The van der Waals surface area contributed by atoms with E-state index in [0.717, 1.165) is 48.5 Å². The molecule has 1 amide bonds. The van der Waals surface area contributed by atoms with Gasteiger partial charge in [0.25, 0.3) is 0 Å². The van der Waals surface area contributed by atoms with Crippen LogP contribution in [-0.4, -0.2) is 45.1 Å². The Bertz CT molecular complexity index is 654. The second-order valence-electron chi connectivity index (χ2n) is 8.72. The van der Waals surface area contributed by atoms with Crippen LogP contribution in [-0.2, 0) is 11.3 Å². The summed E-state index contributed by atoms with van der Waals surface area (Å²) in [7, 11) is 3.33. The summed E-state index contributed by atoms with van der Waals surface area (Å²) < 4.78 is 22.0. The second kappa shape index (κ2) is 11.3. The number of amides is 1. The summed E-state index contributed by atoms with van der Waals surface area (Å²) in [5, 5.41) is 6.54. The lowest BCUT2D eigenvalue weighted by Gasteiger charge is -2.30. The first-order valence-electron chi connectivity index (χ1n) is 10.8. The Morgan fingerprint density at radius 2 is 1.67 bits per heavy atom. The van der Waals surface area contributed by atoms with E-state index in [0.29, 0.717) is 31.7 Å². The van der Waals surface area contributed by atoms with Gasteiger partial charge in [-0.3, -0.25) is 0 Å². The number of nitrogens with one attached hydrogen (secondary N) is 2. The van der Waals surface area contributed by atoms with E-state index in [9.17, 15) is 4.79 Å². The van der Waals surface area contributed by atoms with E-state index in [1.165, 1.54) is 0 Å². The molecule has 1 fully saturated rings. The van der Waals surface area contributed by atoms with Crippen molar-refractivity contribution >= 4 is 6.09 Å². The van der Waals surface area contributed by atoms with E-state index >= 15 is 0 Å². The highest BCUT2D eigenvalue weighted by atomic mass is 16.6. The van der Waals surface area contributed by atoms with Crippen molar-refractivity contribution in [2.45, 2.75) is 71.6 Å². The fourth-order valence-corrected chi connectivity index (χ4v) is 3.74. The Kier molecular flexibility index (Phi) is 9.08. The number of ether oxygens (including phenoxy) is 4. The van der Waals surface area contributed by atoms with Gasteiger partial charge in [-0.2, -0.15) is 0 Å². The van der Waals surface area contributed by atoms with Gasteiger partial charge in [-0.25, -0.2) is 4.79 Å². The Labute approximate surface area is 180 Å². The fraction of sp³-hybridized carbons (Fsp3) is 0.696. The van der Waals surface area contributed by atoms with Gasteiger partial charge in [-0.15, -0.1) is 0 Å². The highest BCUT2D eigenvalue weighted by molar-refractivity contribution is 5.67. The summed E-state index contributed by atoms with van der Waals surface area (Å²) in [6.07, 6.45) is 3.96. The van der Waals surface area contributed by atoms with E-state index in [1.807, 2.05) is 39.8 Å². The SMILES string of the molecule is CCOc1cc(OC)c(CNC2CCC(CNC(=O)OC(C)(C)C)CC2)c(OC)c1. The predicted octanol–water partition coefficient (Wildman–Crippen LogP) is 4.28. The molecule has 2 rings (SSSR count). The number of rotatable bonds is 9. The van der Waals surface area contributed by atoms with Gasteiger partial charge in [0.05, 0.1) is 26.4 Å². The van der Waals surface area contributed by atoms with E-state index in [1.54, 1.807) is 14.2 Å². The Hall–Kier alpha value is -2.15.